The van der Waals surface area contributed by atoms with Crippen LogP contribution in [0.4, 0.5) is 0 Å². The van der Waals surface area contributed by atoms with Crippen LogP contribution in [0.15, 0.2) is 89.5 Å². The summed E-state index contributed by atoms with van der Waals surface area (Å²) < 4.78 is 11.4. The van der Waals surface area contributed by atoms with Crippen molar-refractivity contribution >= 4 is 35.5 Å². The Morgan fingerprint density at radius 1 is 0.911 bits per heavy atom. The highest BCUT2D eigenvalue weighted by molar-refractivity contribution is 6.55. The maximum atomic E-state index is 12.6. The Kier molecular flexibility index (Phi) is 18.0. The molecule has 5 nitrogen and oxygen atoms in total. The van der Waals surface area contributed by atoms with Crippen molar-refractivity contribution < 1.29 is 19.1 Å². The monoisotopic (exact) mass is 651 g/mol. The van der Waals surface area contributed by atoms with Gasteiger partial charge >= 0.3 is 5.97 Å². The number of rotatable bonds is 18. The molecule has 45 heavy (non-hydrogen) atoms. The molecule has 2 aromatic rings. The second-order valence-electron chi connectivity index (χ2n) is 11.7. The Bertz CT molecular complexity index is 1290. The summed E-state index contributed by atoms with van der Waals surface area (Å²) in [6.07, 6.45) is 22.3. The second kappa shape index (κ2) is 21.4. The topological polar surface area (TPSA) is 76.4 Å². The zero-order valence-corrected chi connectivity index (χ0v) is 28.3. The van der Waals surface area contributed by atoms with Crippen LogP contribution in [0.1, 0.15) is 96.6 Å². The van der Waals surface area contributed by atoms with Gasteiger partial charge in [-0.3, -0.25) is 4.79 Å². The molecule has 0 aromatic heterocycles. The van der Waals surface area contributed by atoms with Crippen LogP contribution in [0.3, 0.4) is 0 Å². The van der Waals surface area contributed by atoms with Gasteiger partial charge in [0.05, 0.1) is 5.92 Å². The summed E-state index contributed by atoms with van der Waals surface area (Å²) in [6.45, 7) is 6.07. The van der Waals surface area contributed by atoms with Gasteiger partial charge in [0.15, 0.2) is 0 Å². The van der Waals surface area contributed by atoms with E-state index in [0.717, 1.165) is 19.1 Å². The first kappa shape index (κ1) is 37.9. The molecule has 1 aliphatic rings. The molecular formula is C38H47Cl2NO4. The number of halogens is 2. The SMILES string of the molecule is CC1(C)C(C=C(Cl)Cl)C1C(=O)OC(C#N)c1cccc(Oc2ccccc2)c1.CCC/C=C/C=C/CCCCCCCCC=O. The van der Waals surface area contributed by atoms with E-state index in [0.29, 0.717) is 17.1 Å². The van der Waals surface area contributed by atoms with Gasteiger partial charge in [-0.05, 0) is 67.4 Å². The molecule has 0 heterocycles. The van der Waals surface area contributed by atoms with Gasteiger partial charge in [0.25, 0.3) is 0 Å². The van der Waals surface area contributed by atoms with E-state index in [-0.39, 0.29) is 21.7 Å². The molecule has 0 bridgehead atoms. The summed E-state index contributed by atoms with van der Waals surface area (Å²) in [4.78, 5) is 22.7. The first-order chi connectivity index (χ1) is 21.7. The predicted molar refractivity (Wildman–Crippen MR) is 184 cm³/mol. The lowest BCUT2D eigenvalue weighted by molar-refractivity contribution is -0.149. The van der Waals surface area contributed by atoms with Crippen LogP contribution >= 0.6 is 23.2 Å². The van der Waals surface area contributed by atoms with E-state index in [1.807, 2.05) is 50.2 Å². The van der Waals surface area contributed by atoms with E-state index in [1.165, 1.54) is 51.4 Å². The zero-order valence-electron chi connectivity index (χ0n) is 26.8. The summed E-state index contributed by atoms with van der Waals surface area (Å²) in [7, 11) is 0. The fraction of sp³-hybridized carbons (Fsp3) is 0.447. The Morgan fingerprint density at radius 2 is 1.53 bits per heavy atom. The third kappa shape index (κ3) is 14.5. The quantitative estimate of drug-likeness (QED) is 0.0693. The van der Waals surface area contributed by atoms with E-state index in [1.54, 1.807) is 30.3 Å². The molecule has 0 radical (unpaired) electrons. The van der Waals surface area contributed by atoms with Gasteiger partial charge in [0, 0.05) is 12.0 Å². The van der Waals surface area contributed by atoms with Crippen LogP contribution in [-0.2, 0) is 14.3 Å². The number of carbonyl (C=O) groups excluding carboxylic acids is 2. The Hall–Kier alpha value is -3.33. The van der Waals surface area contributed by atoms with Crippen LogP contribution in [-0.4, -0.2) is 12.3 Å². The maximum absolute atomic E-state index is 12.6. The molecule has 0 aliphatic heterocycles. The van der Waals surface area contributed by atoms with Crippen molar-refractivity contribution in [2.75, 3.05) is 0 Å². The summed E-state index contributed by atoms with van der Waals surface area (Å²) in [5.74, 6) is 0.289. The van der Waals surface area contributed by atoms with Crippen molar-refractivity contribution in [2.45, 2.75) is 91.1 Å². The highest BCUT2D eigenvalue weighted by Gasteiger charge is 2.62. The number of benzene rings is 2. The fourth-order valence-corrected chi connectivity index (χ4v) is 5.28. The number of hydrogen-bond acceptors (Lipinski definition) is 5. The average molecular weight is 653 g/mol. The summed E-state index contributed by atoms with van der Waals surface area (Å²) >= 11 is 11.5. The third-order valence-electron chi connectivity index (χ3n) is 7.74. The van der Waals surface area contributed by atoms with Gasteiger partial charge in [-0.25, -0.2) is 0 Å². The number of ether oxygens (including phenoxy) is 2. The molecule has 1 fully saturated rings. The molecule has 3 rings (SSSR count). The molecule has 3 unspecified atom stereocenters. The molecule has 3 atom stereocenters. The van der Waals surface area contributed by atoms with Gasteiger partial charge in [-0.1, -0.05) is 131 Å². The van der Waals surface area contributed by atoms with E-state index < -0.39 is 12.1 Å². The molecule has 242 valence electrons. The Balaban J connectivity index is 0.000000358. The summed E-state index contributed by atoms with van der Waals surface area (Å²) in [6, 6.07) is 18.3. The van der Waals surface area contributed by atoms with Crippen LogP contribution in [0.5, 0.6) is 11.5 Å². The zero-order chi connectivity index (χ0) is 32.9. The molecular weight excluding hydrogens is 605 g/mol. The minimum absolute atomic E-state index is 0.114. The minimum atomic E-state index is -1.03. The number of para-hydroxylation sites is 1. The van der Waals surface area contributed by atoms with Crippen LogP contribution in [0.2, 0.25) is 0 Å². The largest absolute Gasteiger partial charge is 0.457 e. The third-order valence-corrected chi connectivity index (χ3v) is 7.99. The number of allylic oxidation sites excluding steroid dienone is 5. The van der Waals surface area contributed by atoms with E-state index >= 15 is 0 Å². The van der Waals surface area contributed by atoms with Gasteiger partial charge in [-0.2, -0.15) is 5.26 Å². The number of nitriles is 1. The fourth-order valence-electron chi connectivity index (χ4n) is 5.01. The van der Waals surface area contributed by atoms with Gasteiger partial charge in [0.1, 0.15) is 28.3 Å². The van der Waals surface area contributed by atoms with Crippen molar-refractivity contribution in [3.8, 4) is 17.6 Å². The second-order valence-corrected chi connectivity index (χ2v) is 12.7. The average Bonchev–Trinajstić information content (AvgIpc) is 3.57. The van der Waals surface area contributed by atoms with Crippen molar-refractivity contribution in [1.29, 1.82) is 5.26 Å². The van der Waals surface area contributed by atoms with Gasteiger partial charge < -0.3 is 14.3 Å². The van der Waals surface area contributed by atoms with Crippen LogP contribution in [0.25, 0.3) is 0 Å². The standard InChI is InChI=1S/C22H19Cl2NO3.C16H28O/c1-22(2)17(12-19(23)24)20(22)21(26)28-18(13-25)14-7-6-10-16(11-14)27-15-8-4-3-5-9-15;1-2-3-4-5-6-7-8-9-10-11-12-13-14-15-16-17/h3-12,17-18,20H,1-2H3;4-7,16H,2-3,8-15H2,1H3/b;5-4+,7-6+. The van der Waals surface area contributed by atoms with Crippen molar-refractivity contribution in [3.63, 3.8) is 0 Å². The van der Waals surface area contributed by atoms with Crippen molar-refractivity contribution in [3.05, 3.63) is 95.0 Å². The smallest absolute Gasteiger partial charge is 0.311 e. The highest BCUT2D eigenvalue weighted by Crippen LogP contribution is 2.60. The van der Waals surface area contributed by atoms with Crippen LogP contribution < -0.4 is 4.74 Å². The van der Waals surface area contributed by atoms with Crippen molar-refractivity contribution in [2.24, 2.45) is 17.3 Å². The lowest BCUT2D eigenvalue weighted by Gasteiger charge is -2.13. The van der Waals surface area contributed by atoms with Gasteiger partial charge in [-0.15, -0.1) is 0 Å². The first-order valence-electron chi connectivity index (χ1n) is 16.0. The van der Waals surface area contributed by atoms with E-state index in [2.05, 4.69) is 31.2 Å². The Morgan fingerprint density at radius 3 is 2.16 bits per heavy atom. The first-order valence-corrected chi connectivity index (χ1v) is 16.7. The lowest BCUT2D eigenvalue weighted by atomic mass is 10.1. The molecule has 0 N–H and O–H groups in total. The Labute approximate surface area is 279 Å². The molecule has 2 aromatic carbocycles. The maximum Gasteiger partial charge on any atom is 0.311 e. The molecule has 1 aliphatic carbocycles. The molecule has 0 amide bonds. The minimum Gasteiger partial charge on any atom is -0.457 e. The molecule has 0 spiro atoms. The lowest BCUT2D eigenvalue weighted by Crippen LogP contribution is -2.14. The predicted octanol–water partition coefficient (Wildman–Crippen LogP) is 11.4. The number of carbonyl (C=O) groups is 2. The van der Waals surface area contributed by atoms with Crippen molar-refractivity contribution in [1.82, 2.24) is 0 Å². The molecule has 1 saturated carbocycles. The molecule has 7 heteroatoms. The molecule has 0 saturated heterocycles. The van der Waals surface area contributed by atoms with E-state index in [9.17, 15) is 14.9 Å². The highest BCUT2D eigenvalue weighted by atomic mass is 35.5. The number of unbranched alkanes of at least 4 members (excludes halogenated alkanes) is 8. The van der Waals surface area contributed by atoms with Gasteiger partial charge in [0.2, 0.25) is 6.10 Å². The normalized spacial score (nSPS) is 17.1. The van der Waals surface area contributed by atoms with Crippen LogP contribution in [0, 0.1) is 28.6 Å². The number of esters is 1. The number of nitrogens with zero attached hydrogens (tertiary/aromatic N) is 1. The number of hydrogen-bond donors (Lipinski definition) is 0. The van der Waals surface area contributed by atoms with E-state index in [4.69, 9.17) is 32.7 Å². The summed E-state index contributed by atoms with van der Waals surface area (Å²) in [5.41, 5.74) is 0.231. The number of aldehydes is 1. The summed E-state index contributed by atoms with van der Waals surface area (Å²) in [5, 5.41) is 9.53.